The van der Waals surface area contributed by atoms with E-state index in [9.17, 15) is 22.8 Å². The first-order valence-electron chi connectivity index (χ1n) is 10.1. The predicted octanol–water partition coefficient (Wildman–Crippen LogP) is 3.37. The summed E-state index contributed by atoms with van der Waals surface area (Å²) in [5, 5.41) is 0. The fraction of sp³-hybridized carbons (Fsp3) is 0.174. The van der Waals surface area contributed by atoms with Crippen LogP contribution in [0.3, 0.4) is 0 Å². The van der Waals surface area contributed by atoms with E-state index < -0.39 is 23.0 Å². The number of alkyl halides is 3. The molecule has 5 rings (SSSR count). The van der Waals surface area contributed by atoms with Crippen LogP contribution in [0.15, 0.2) is 64.3 Å². The van der Waals surface area contributed by atoms with E-state index in [-0.39, 0.29) is 22.6 Å². The number of ether oxygens (including phenoxy) is 1. The van der Waals surface area contributed by atoms with Gasteiger partial charge in [0.05, 0.1) is 18.4 Å². The monoisotopic (exact) mass is 469 g/mol. The highest BCUT2D eigenvalue weighted by Gasteiger charge is 2.31. The van der Waals surface area contributed by atoms with Crippen LogP contribution in [0.4, 0.5) is 13.2 Å². The molecule has 5 aromatic rings. The molecule has 2 aromatic carbocycles. The van der Waals surface area contributed by atoms with E-state index in [1.165, 1.54) is 46.9 Å². The molecule has 0 unspecified atom stereocenters. The predicted molar refractivity (Wildman–Crippen MR) is 119 cm³/mol. The Morgan fingerprint density at radius 1 is 0.971 bits per heavy atom. The van der Waals surface area contributed by atoms with Gasteiger partial charge in [0.2, 0.25) is 5.78 Å². The number of halogens is 3. The highest BCUT2D eigenvalue weighted by atomic mass is 19.4. The van der Waals surface area contributed by atoms with E-state index in [2.05, 4.69) is 4.98 Å². The number of aromatic nitrogens is 5. The molecule has 0 atom stereocenters. The van der Waals surface area contributed by atoms with Gasteiger partial charge in [0.25, 0.3) is 5.56 Å². The van der Waals surface area contributed by atoms with Gasteiger partial charge in [0.15, 0.2) is 11.2 Å². The summed E-state index contributed by atoms with van der Waals surface area (Å²) in [6.07, 6.45) is -2.93. The van der Waals surface area contributed by atoms with Crippen molar-refractivity contribution in [2.75, 3.05) is 7.11 Å². The van der Waals surface area contributed by atoms with Crippen LogP contribution in [0.1, 0.15) is 5.56 Å². The van der Waals surface area contributed by atoms with Gasteiger partial charge in [-0.2, -0.15) is 18.2 Å². The first-order valence-corrected chi connectivity index (χ1v) is 10.1. The van der Waals surface area contributed by atoms with Gasteiger partial charge in [-0.15, -0.1) is 0 Å². The SMILES string of the molecule is COc1cccc(-c2cn3c4c(=O)n(C)c(=O)n(C)c4nc3n2-c2cccc(C(F)(F)F)c2)c1. The van der Waals surface area contributed by atoms with E-state index in [1.807, 2.05) is 0 Å². The molecule has 0 aliphatic heterocycles. The first kappa shape index (κ1) is 21.6. The second kappa shape index (κ2) is 7.37. The minimum absolute atomic E-state index is 0.126. The summed E-state index contributed by atoms with van der Waals surface area (Å²) in [6.45, 7) is 0. The molecule has 0 N–H and O–H groups in total. The normalized spacial score (nSPS) is 12.1. The molecule has 34 heavy (non-hydrogen) atoms. The Bertz CT molecular complexity index is 1710. The van der Waals surface area contributed by atoms with Crippen LogP contribution >= 0.6 is 0 Å². The van der Waals surface area contributed by atoms with Crippen molar-refractivity contribution >= 4 is 16.9 Å². The number of methoxy groups -OCH3 is 1. The van der Waals surface area contributed by atoms with Gasteiger partial charge in [0.1, 0.15) is 5.75 Å². The molecule has 0 amide bonds. The van der Waals surface area contributed by atoms with Crippen LogP contribution in [-0.4, -0.2) is 30.2 Å². The van der Waals surface area contributed by atoms with E-state index in [0.29, 0.717) is 17.0 Å². The van der Waals surface area contributed by atoms with Crippen molar-refractivity contribution in [3.05, 3.63) is 81.1 Å². The van der Waals surface area contributed by atoms with Gasteiger partial charge in [0, 0.05) is 31.5 Å². The van der Waals surface area contributed by atoms with Gasteiger partial charge in [-0.05, 0) is 30.3 Å². The molecule has 0 aliphatic carbocycles. The van der Waals surface area contributed by atoms with Crippen molar-refractivity contribution in [3.8, 4) is 22.7 Å². The fourth-order valence-electron chi connectivity index (χ4n) is 4.03. The lowest BCUT2D eigenvalue weighted by Gasteiger charge is -2.13. The summed E-state index contributed by atoms with van der Waals surface area (Å²) in [4.78, 5) is 29.9. The van der Waals surface area contributed by atoms with E-state index in [1.54, 1.807) is 30.5 Å². The van der Waals surface area contributed by atoms with Crippen LogP contribution in [0, 0.1) is 0 Å². The number of benzene rings is 2. The van der Waals surface area contributed by atoms with Crippen molar-refractivity contribution < 1.29 is 17.9 Å². The topological polar surface area (TPSA) is 75.5 Å². The Balaban J connectivity index is 1.94. The molecular formula is C23H18F3N5O3. The minimum atomic E-state index is -4.55. The maximum Gasteiger partial charge on any atom is 0.416 e. The molecule has 0 spiro atoms. The van der Waals surface area contributed by atoms with Crippen molar-refractivity contribution in [2.45, 2.75) is 6.18 Å². The van der Waals surface area contributed by atoms with Gasteiger partial charge in [-0.1, -0.05) is 18.2 Å². The lowest BCUT2D eigenvalue weighted by Crippen LogP contribution is -2.37. The molecule has 174 valence electrons. The third kappa shape index (κ3) is 3.11. The Hall–Kier alpha value is -4.28. The lowest BCUT2D eigenvalue weighted by molar-refractivity contribution is -0.137. The first-order chi connectivity index (χ1) is 16.1. The third-order valence-corrected chi connectivity index (χ3v) is 5.76. The maximum atomic E-state index is 13.5. The Kier molecular flexibility index (Phi) is 4.67. The fourth-order valence-corrected chi connectivity index (χ4v) is 4.03. The van der Waals surface area contributed by atoms with Crippen LogP contribution in [0.5, 0.6) is 5.75 Å². The highest BCUT2D eigenvalue weighted by Crippen LogP contribution is 2.34. The number of aryl methyl sites for hydroxylation is 1. The Morgan fingerprint density at radius 3 is 2.41 bits per heavy atom. The average molecular weight is 469 g/mol. The number of fused-ring (bicyclic) bond motifs is 3. The molecule has 11 heteroatoms. The zero-order valence-electron chi connectivity index (χ0n) is 18.3. The average Bonchev–Trinajstić information content (AvgIpc) is 3.37. The zero-order chi connectivity index (χ0) is 24.4. The van der Waals surface area contributed by atoms with Crippen molar-refractivity contribution in [3.63, 3.8) is 0 Å². The minimum Gasteiger partial charge on any atom is -0.497 e. The summed E-state index contributed by atoms with van der Waals surface area (Å²) >= 11 is 0. The van der Waals surface area contributed by atoms with Crippen LogP contribution in [-0.2, 0) is 20.3 Å². The largest absolute Gasteiger partial charge is 0.497 e. The van der Waals surface area contributed by atoms with Gasteiger partial charge in [-0.3, -0.25) is 22.9 Å². The molecular weight excluding hydrogens is 451 g/mol. The van der Waals surface area contributed by atoms with Crippen LogP contribution in [0.25, 0.3) is 33.9 Å². The second-order valence-electron chi connectivity index (χ2n) is 7.79. The molecule has 0 radical (unpaired) electrons. The molecule has 0 fully saturated rings. The standard InChI is InChI=1S/C23H18F3N5O3/c1-28-19-18(20(32)29(2)22(28)33)30-12-17(13-6-4-9-16(10-13)34-3)31(21(30)27-19)15-8-5-7-14(11-15)23(24,25)26/h4-12H,1-3H3. The molecule has 0 bridgehead atoms. The number of rotatable bonds is 3. The van der Waals surface area contributed by atoms with Gasteiger partial charge in [-0.25, -0.2) is 4.79 Å². The lowest BCUT2D eigenvalue weighted by atomic mass is 10.1. The van der Waals surface area contributed by atoms with Crippen LogP contribution < -0.4 is 16.0 Å². The quantitative estimate of drug-likeness (QED) is 0.406. The summed E-state index contributed by atoms with van der Waals surface area (Å²) in [7, 11) is 4.35. The van der Waals surface area contributed by atoms with Crippen molar-refractivity contribution in [1.29, 1.82) is 0 Å². The van der Waals surface area contributed by atoms with Gasteiger partial charge >= 0.3 is 11.9 Å². The Labute approximate surface area is 189 Å². The molecule has 3 aromatic heterocycles. The number of hydrogen-bond acceptors (Lipinski definition) is 4. The third-order valence-electron chi connectivity index (χ3n) is 5.76. The van der Waals surface area contributed by atoms with Crippen molar-refractivity contribution in [1.82, 2.24) is 23.1 Å². The summed E-state index contributed by atoms with van der Waals surface area (Å²) in [5.41, 5.74) is -0.375. The summed E-state index contributed by atoms with van der Waals surface area (Å²) < 4.78 is 50.9. The van der Waals surface area contributed by atoms with Crippen molar-refractivity contribution in [2.24, 2.45) is 14.1 Å². The van der Waals surface area contributed by atoms with E-state index in [0.717, 1.165) is 16.7 Å². The smallest absolute Gasteiger partial charge is 0.416 e. The molecule has 3 heterocycles. The number of hydrogen-bond donors (Lipinski definition) is 0. The van der Waals surface area contributed by atoms with Gasteiger partial charge < -0.3 is 4.74 Å². The van der Waals surface area contributed by atoms with E-state index in [4.69, 9.17) is 4.74 Å². The zero-order valence-corrected chi connectivity index (χ0v) is 18.3. The second-order valence-corrected chi connectivity index (χ2v) is 7.79. The van der Waals surface area contributed by atoms with E-state index >= 15 is 0 Å². The molecule has 0 saturated carbocycles. The summed E-state index contributed by atoms with van der Waals surface area (Å²) in [5.74, 6) is 0.737. The molecule has 8 nitrogen and oxygen atoms in total. The summed E-state index contributed by atoms with van der Waals surface area (Å²) in [6, 6.07) is 11.8. The number of nitrogens with zero attached hydrogens (tertiary/aromatic N) is 5. The number of imidazole rings is 2. The van der Waals surface area contributed by atoms with Crippen LogP contribution in [0.2, 0.25) is 0 Å². The molecule has 0 aliphatic rings. The maximum absolute atomic E-state index is 13.5. The molecule has 0 saturated heterocycles. The Morgan fingerprint density at radius 2 is 1.71 bits per heavy atom. The highest BCUT2D eigenvalue weighted by molar-refractivity contribution is 5.79.